The van der Waals surface area contributed by atoms with Gasteiger partial charge in [0.2, 0.25) is 0 Å². The van der Waals surface area contributed by atoms with Crippen molar-refractivity contribution in [1.82, 2.24) is 0 Å². The molecule has 1 aliphatic rings. The van der Waals surface area contributed by atoms with Gasteiger partial charge in [-0.25, -0.2) is 0 Å². The summed E-state index contributed by atoms with van der Waals surface area (Å²) in [6, 6.07) is 12.1. The Hall–Kier alpha value is -1.59. The van der Waals surface area contributed by atoms with Gasteiger partial charge in [0.1, 0.15) is 12.0 Å². The summed E-state index contributed by atoms with van der Waals surface area (Å²) in [6.45, 7) is 7.98. The molecule has 0 saturated carbocycles. The van der Waals surface area contributed by atoms with E-state index in [1.165, 1.54) is 0 Å². The van der Waals surface area contributed by atoms with Gasteiger partial charge in [0.15, 0.2) is 5.78 Å². The number of benzene rings is 2. The highest BCUT2D eigenvalue weighted by Crippen LogP contribution is 2.35. The molecule has 0 amide bonds. The molecule has 1 aliphatic heterocycles. The Labute approximate surface area is 179 Å². The second-order valence-electron chi connectivity index (χ2n) is 7.64. The number of esters is 1. The number of aryl methyl sites for hydroxylation is 3. The number of halogens is 1. The van der Waals surface area contributed by atoms with Crippen LogP contribution < -0.4 is 0 Å². The molecule has 1 heterocycles. The normalized spacial score (nSPS) is 20.8. The molecule has 148 valence electrons. The van der Waals surface area contributed by atoms with Crippen molar-refractivity contribution >= 4 is 39.4 Å². The first kappa shape index (κ1) is 21.1. The minimum absolute atomic E-state index is 0.0318. The van der Waals surface area contributed by atoms with Crippen LogP contribution in [-0.2, 0) is 14.3 Å². The summed E-state index contributed by atoms with van der Waals surface area (Å²) < 4.78 is 6.79. The Morgan fingerprint density at radius 1 is 1.14 bits per heavy atom. The zero-order chi connectivity index (χ0) is 20.4. The van der Waals surface area contributed by atoms with Gasteiger partial charge in [-0.2, -0.15) is 0 Å². The fourth-order valence-electron chi connectivity index (χ4n) is 3.84. The van der Waals surface area contributed by atoms with Crippen molar-refractivity contribution in [3.05, 3.63) is 63.1 Å². The van der Waals surface area contributed by atoms with E-state index in [-0.39, 0.29) is 24.2 Å². The lowest BCUT2D eigenvalue weighted by Gasteiger charge is -2.32. The first-order valence-electron chi connectivity index (χ1n) is 9.45. The van der Waals surface area contributed by atoms with Crippen molar-refractivity contribution in [3.63, 3.8) is 0 Å². The molecule has 0 spiro atoms. The van der Waals surface area contributed by atoms with E-state index in [1.807, 2.05) is 52.0 Å². The second-order valence-corrected chi connectivity index (χ2v) is 9.65. The van der Waals surface area contributed by atoms with Crippen LogP contribution in [0, 0.1) is 26.7 Å². The van der Waals surface area contributed by atoms with Crippen LogP contribution >= 0.6 is 27.7 Å². The molecule has 0 aliphatic carbocycles. The van der Waals surface area contributed by atoms with Gasteiger partial charge in [-0.15, -0.1) is 11.8 Å². The summed E-state index contributed by atoms with van der Waals surface area (Å²) in [5, 5.41) is 0. The van der Waals surface area contributed by atoms with Crippen molar-refractivity contribution < 1.29 is 14.3 Å². The van der Waals surface area contributed by atoms with Crippen LogP contribution in [0.1, 0.15) is 41.5 Å². The van der Waals surface area contributed by atoms with E-state index in [2.05, 4.69) is 28.1 Å². The van der Waals surface area contributed by atoms with Crippen LogP contribution in [0.4, 0.5) is 0 Å². The predicted molar refractivity (Wildman–Crippen MR) is 117 cm³/mol. The smallest absolute Gasteiger partial charge is 0.321 e. The van der Waals surface area contributed by atoms with Crippen molar-refractivity contribution in [2.75, 3.05) is 5.75 Å². The largest absolute Gasteiger partial charge is 0.461 e. The number of hydrogen-bond acceptors (Lipinski definition) is 4. The molecule has 1 fully saturated rings. The van der Waals surface area contributed by atoms with E-state index in [9.17, 15) is 9.59 Å². The summed E-state index contributed by atoms with van der Waals surface area (Å²) >= 11 is 5.19. The van der Waals surface area contributed by atoms with Gasteiger partial charge in [-0.1, -0.05) is 46.6 Å². The van der Waals surface area contributed by atoms with E-state index in [4.69, 9.17) is 4.74 Å². The number of carbonyl (C=O) groups excluding carboxylic acids is 2. The van der Waals surface area contributed by atoms with E-state index in [0.717, 1.165) is 37.4 Å². The van der Waals surface area contributed by atoms with Gasteiger partial charge in [0, 0.05) is 27.5 Å². The zero-order valence-electron chi connectivity index (χ0n) is 16.6. The minimum atomic E-state index is -0.790. The highest BCUT2D eigenvalue weighted by atomic mass is 79.9. The van der Waals surface area contributed by atoms with Crippen molar-refractivity contribution in [1.29, 1.82) is 0 Å². The first-order valence-corrected chi connectivity index (χ1v) is 11.2. The molecule has 5 heteroatoms. The van der Waals surface area contributed by atoms with Crippen LogP contribution in [0.2, 0.25) is 0 Å². The summed E-state index contributed by atoms with van der Waals surface area (Å²) in [7, 11) is 0. The number of Topliss-reactive ketones (excluding diaryl/α,β-unsaturated/α-hetero) is 1. The average molecular weight is 461 g/mol. The molecule has 3 atom stereocenters. The van der Waals surface area contributed by atoms with E-state index in [0.29, 0.717) is 0 Å². The number of cyclic esters (lactones) is 1. The predicted octanol–water partition coefficient (Wildman–Crippen LogP) is 5.77. The second kappa shape index (κ2) is 8.83. The van der Waals surface area contributed by atoms with Crippen LogP contribution in [0.15, 0.2) is 45.8 Å². The highest BCUT2D eigenvalue weighted by Gasteiger charge is 2.41. The maximum atomic E-state index is 12.9. The third-order valence-electron chi connectivity index (χ3n) is 5.20. The molecular formula is C23H25BrO3S. The summed E-state index contributed by atoms with van der Waals surface area (Å²) in [5.74, 6) is -0.347. The Kier molecular flexibility index (Phi) is 6.66. The maximum Gasteiger partial charge on any atom is 0.321 e. The van der Waals surface area contributed by atoms with Crippen molar-refractivity contribution in [3.8, 4) is 0 Å². The van der Waals surface area contributed by atoms with E-state index < -0.39 is 11.9 Å². The highest BCUT2D eigenvalue weighted by molar-refractivity contribution is 9.10. The average Bonchev–Trinajstić information content (AvgIpc) is 2.61. The Bertz CT molecular complexity index is 867. The Balaban J connectivity index is 1.69. The van der Waals surface area contributed by atoms with E-state index >= 15 is 0 Å². The first-order chi connectivity index (χ1) is 13.3. The van der Waals surface area contributed by atoms with Crippen LogP contribution in [0.25, 0.3) is 0 Å². The molecule has 2 aromatic rings. The van der Waals surface area contributed by atoms with Gasteiger partial charge >= 0.3 is 5.97 Å². The Morgan fingerprint density at radius 3 is 2.43 bits per heavy atom. The van der Waals surface area contributed by atoms with Gasteiger partial charge in [0.05, 0.1) is 0 Å². The van der Waals surface area contributed by atoms with Gasteiger partial charge in [-0.05, 0) is 55.7 Å². The van der Waals surface area contributed by atoms with Crippen LogP contribution in [0.3, 0.4) is 0 Å². The molecule has 0 radical (unpaired) electrons. The number of ketones is 1. The molecule has 2 aromatic carbocycles. The number of ether oxygens (including phenoxy) is 1. The fourth-order valence-corrected chi connectivity index (χ4v) is 5.45. The monoisotopic (exact) mass is 460 g/mol. The molecule has 3 nitrogen and oxygen atoms in total. The quantitative estimate of drug-likeness (QED) is 0.322. The summed E-state index contributed by atoms with van der Waals surface area (Å²) in [4.78, 5) is 26.8. The SMILES string of the molecule is Cc1cc(C)c(C2C(=O)CC(C(C)CSc3cccc(Br)c3)OC2=O)c(C)c1. The summed E-state index contributed by atoms with van der Waals surface area (Å²) in [5.41, 5.74) is 3.90. The molecular weight excluding hydrogens is 436 g/mol. The van der Waals surface area contributed by atoms with Gasteiger partial charge in [-0.3, -0.25) is 9.59 Å². The van der Waals surface area contributed by atoms with Crippen molar-refractivity contribution in [2.45, 2.75) is 51.0 Å². The number of hydrogen-bond donors (Lipinski definition) is 0. The minimum Gasteiger partial charge on any atom is -0.461 e. The Morgan fingerprint density at radius 2 is 1.82 bits per heavy atom. The zero-order valence-corrected chi connectivity index (χ0v) is 19.0. The molecule has 3 rings (SSSR count). The van der Waals surface area contributed by atoms with Gasteiger partial charge < -0.3 is 4.74 Å². The maximum absolute atomic E-state index is 12.9. The lowest BCUT2D eigenvalue weighted by Crippen LogP contribution is -2.41. The van der Waals surface area contributed by atoms with Gasteiger partial charge in [0.25, 0.3) is 0 Å². The van der Waals surface area contributed by atoms with Crippen LogP contribution in [0.5, 0.6) is 0 Å². The third-order valence-corrected chi connectivity index (χ3v) is 6.97. The molecule has 1 saturated heterocycles. The standard InChI is InChI=1S/C23H25BrO3S/c1-13-8-14(2)21(15(3)9-13)22-19(25)11-20(27-23(22)26)16(4)12-28-18-7-5-6-17(24)10-18/h5-10,16,20,22H,11-12H2,1-4H3. The fraction of sp³-hybridized carbons (Fsp3) is 0.391. The third kappa shape index (κ3) is 4.69. The number of rotatable bonds is 5. The molecule has 0 bridgehead atoms. The van der Waals surface area contributed by atoms with Crippen molar-refractivity contribution in [2.24, 2.45) is 5.92 Å². The van der Waals surface area contributed by atoms with Crippen LogP contribution in [-0.4, -0.2) is 23.6 Å². The molecule has 0 N–H and O–H groups in total. The summed E-state index contributed by atoms with van der Waals surface area (Å²) in [6.07, 6.45) is -0.0782. The molecule has 3 unspecified atom stereocenters. The lowest BCUT2D eigenvalue weighted by atomic mass is 9.82. The molecule has 28 heavy (non-hydrogen) atoms. The molecule has 0 aromatic heterocycles. The number of thioether (sulfide) groups is 1. The topological polar surface area (TPSA) is 43.4 Å². The lowest BCUT2D eigenvalue weighted by molar-refractivity contribution is -0.162. The van der Waals surface area contributed by atoms with E-state index in [1.54, 1.807) is 11.8 Å². The number of carbonyl (C=O) groups is 2.